The molecule has 3 nitrogen and oxygen atoms in total. The van der Waals surface area contributed by atoms with Gasteiger partial charge in [-0.3, -0.25) is 0 Å². The van der Waals surface area contributed by atoms with Gasteiger partial charge in [-0.2, -0.15) is 0 Å². The second-order valence-electron chi connectivity index (χ2n) is 6.24. The van der Waals surface area contributed by atoms with Crippen LogP contribution in [0, 0.1) is 0 Å². The summed E-state index contributed by atoms with van der Waals surface area (Å²) in [5, 5.41) is 12.1. The summed E-state index contributed by atoms with van der Waals surface area (Å²) in [6, 6.07) is 15.4. The fraction of sp³-hybridized carbons (Fsp3) is 0.368. The van der Waals surface area contributed by atoms with Gasteiger partial charge in [-0.05, 0) is 46.9 Å². The minimum Gasteiger partial charge on any atom is -0.395 e. The molecule has 0 radical (unpaired) electrons. The highest BCUT2D eigenvalue weighted by Gasteiger charge is 2.19. The molecular weight excluding hydrogens is 272 g/mol. The van der Waals surface area contributed by atoms with Crippen LogP contribution in [0.4, 0.5) is 11.4 Å². The third kappa shape index (κ3) is 3.09. The maximum atomic E-state index is 8.90. The molecule has 0 amide bonds. The molecule has 2 aromatic carbocycles. The zero-order valence-corrected chi connectivity index (χ0v) is 13.3. The van der Waals surface area contributed by atoms with Crippen LogP contribution in [0.25, 0.3) is 0 Å². The van der Waals surface area contributed by atoms with Gasteiger partial charge in [-0.15, -0.1) is 0 Å². The summed E-state index contributed by atoms with van der Waals surface area (Å²) >= 11 is 0. The largest absolute Gasteiger partial charge is 0.395 e. The van der Waals surface area contributed by atoms with Gasteiger partial charge in [-0.25, -0.2) is 0 Å². The highest BCUT2D eigenvalue weighted by atomic mass is 16.3. The second kappa shape index (κ2) is 6.41. The number of benzene rings is 2. The first-order chi connectivity index (χ1) is 10.7. The lowest BCUT2D eigenvalue weighted by Crippen LogP contribution is -2.14. The van der Waals surface area contributed by atoms with Gasteiger partial charge in [0, 0.05) is 31.0 Å². The SMILES string of the molecule is CC(C)c1ccc(N2Cc3ccc(NCCO)cc3C2)cc1. The highest BCUT2D eigenvalue weighted by molar-refractivity contribution is 5.57. The van der Waals surface area contributed by atoms with Crippen molar-refractivity contribution >= 4 is 11.4 Å². The molecular formula is C19H24N2O. The molecule has 0 saturated heterocycles. The molecule has 0 spiro atoms. The van der Waals surface area contributed by atoms with E-state index in [9.17, 15) is 0 Å². The fourth-order valence-corrected chi connectivity index (χ4v) is 2.96. The normalized spacial score (nSPS) is 13.5. The number of fused-ring (bicyclic) bond motifs is 1. The van der Waals surface area contributed by atoms with Crippen molar-refractivity contribution in [3.8, 4) is 0 Å². The van der Waals surface area contributed by atoms with Gasteiger partial charge in [0.1, 0.15) is 0 Å². The van der Waals surface area contributed by atoms with Crippen LogP contribution in [0.1, 0.15) is 36.5 Å². The summed E-state index contributed by atoms with van der Waals surface area (Å²) in [4.78, 5) is 2.41. The van der Waals surface area contributed by atoms with E-state index < -0.39 is 0 Å². The smallest absolute Gasteiger partial charge is 0.0604 e. The van der Waals surface area contributed by atoms with Crippen molar-refractivity contribution in [2.45, 2.75) is 32.9 Å². The molecule has 0 aromatic heterocycles. The Morgan fingerprint density at radius 1 is 1.05 bits per heavy atom. The van der Waals surface area contributed by atoms with Gasteiger partial charge in [0.2, 0.25) is 0 Å². The van der Waals surface area contributed by atoms with Gasteiger partial charge in [0.25, 0.3) is 0 Å². The van der Waals surface area contributed by atoms with Crippen LogP contribution in [0.15, 0.2) is 42.5 Å². The Bertz CT molecular complexity index is 634. The standard InChI is InChI=1S/C19H24N2O/c1-14(2)15-4-7-19(8-5-15)21-12-16-3-6-18(20-9-10-22)11-17(16)13-21/h3-8,11,14,20,22H,9-10,12-13H2,1-2H3. The molecule has 0 bridgehead atoms. The third-order valence-corrected chi connectivity index (χ3v) is 4.29. The quantitative estimate of drug-likeness (QED) is 0.882. The molecule has 0 unspecified atom stereocenters. The number of anilines is 2. The van der Waals surface area contributed by atoms with Gasteiger partial charge in [-0.1, -0.05) is 32.0 Å². The lowest BCUT2D eigenvalue weighted by Gasteiger charge is -2.18. The summed E-state index contributed by atoms with van der Waals surface area (Å²) in [6.45, 7) is 7.12. The fourth-order valence-electron chi connectivity index (χ4n) is 2.96. The number of aliphatic hydroxyl groups is 1. The van der Waals surface area contributed by atoms with Crippen molar-refractivity contribution in [1.82, 2.24) is 0 Å². The number of nitrogens with one attached hydrogen (secondary N) is 1. The first-order valence-corrected chi connectivity index (χ1v) is 7.99. The monoisotopic (exact) mass is 296 g/mol. The minimum absolute atomic E-state index is 0.158. The summed E-state index contributed by atoms with van der Waals surface area (Å²) in [5.74, 6) is 0.574. The Kier molecular flexibility index (Phi) is 4.34. The van der Waals surface area contributed by atoms with Crippen LogP contribution >= 0.6 is 0 Å². The molecule has 3 heteroatoms. The molecule has 22 heavy (non-hydrogen) atoms. The molecule has 0 saturated carbocycles. The van der Waals surface area contributed by atoms with E-state index in [0.29, 0.717) is 12.5 Å². The molecule has 2 aromatic rings. The summed E-state index contributed by atoms with van der Waals surface area (Å²) in [5.41, 5.74) is 6.52. The van der Waals surface area contributed by atoms with E-state index in [0.717, 1.165) is 18.8 Å². The van der Waals surface area contributed by atoms with Crippen LogP contribution in [-0.4, -0.2) is 18.3 Å². The molecule has 0 aliphatic carbocycles. The maximum absolute atomic E-state index is 8.90. The molecule has 2 N–H and O–H groups in total. The van der Waals surface area contributed by atoms with Crippen molar-refractivity contribution in [2.24, 2.45) is 0 Å². The number of hydrogen-bond acceptors (Lipinski definition) is 3. The third-order valence-electron chi connectivity index (χ3n) is 4.29. The van der Waals surface area contributed by atoms with E-state index in [4.69, 9.17) is 5.11 Å². The van der Waals surface area contributed by atoms with E-state index >= 15 is 0 Å². The van der Waals surface area contributed by atoms with Crippen LogP contribution in [0.3, 0.4) is 0 Å². The Morgan fingerprint density at radius 2 is 1.77 bits per heavy atom. The number of nitrogens with zero attached hydrogens (tertiary/aromatic N) is 1. The second-order valence-corrected chi connectivity index (χ2v) is 6.24. The number of aliphatic hydroxyl groups excluding tert-OH is 1. The van der Waals surface area contributed by atoms with Crippen LogP contribution in [-0.2, 0) is 13.1 Å². The van der Waals surface area contributed by atoms with Crippen molar-refractivity contribution in [3.05, 3.63) is 59.2 Å². The molecule has 0 fully saturated rings. The summed E-state index contributed by atoms with van der Waals surface area (Å²) in [7, 11) is 0. The van der Waals surface area contributed by atoms with Crippen LogP contribution in [0.2, 0.25) is 0 Å². The van der Waals surface area contributed by atoms with Gasteiger partial charge in [0.15, 0.2) is 0 Å². The van der Waals surface area contributed by atoms with E-state index in [-0.39, 0.29) is 6.61 Å². The molecule has 0 atom stereocenters. The predicted molar refractivity (Wildman–Crippen MR) is 92.4 cm³/mol. The Balaban J connectivity index is 1.73. The van der Waals surface area contributed by atoms with Crippen molar-refractivity contribution in [1.29, 1.82) is 0 Å². The molecule has 1 heterocycles. The number of hydrogen-bond donors (Lipinski definition) is 2. The van der Waals surface area contributed by atoms with E-state index in [1.807, 2.05) is 0 Å². The zero-order chi connectivity index (χ0) is 15.5. The Hall–Kier alpha value is -2.00. The van der Waals surface area contributed by atoms with Gasteiger partial charge in [0.05, 0.1) is 6.61 Å². The van der Waals surface area contributed by atoms with E-state index in [1.165, 1.54) is 22.4 Å². The zero-order valence-electron chi connectivity index (χ0n) is 13.3. The molecule has 1 aliphatic heterocycles. The van der Waals surface area contributed by atoms with E-state index in [2.05, 4.69) is 66.5 Å². The average Bonchev–Trinajstić information content (AvgIpc) is 2.96. The maximum Gasteiger partial charge on any atom is 0.0604 e. The van der Waals surface area contributed by atoms with Crippen LogP contribution in [0.5, 0.6) is 0 Å². The van der Waals surface area contributed by atoms with Gasteiger partial charge >= 0.3 is 0 Å². The Morgan fingerprint density at radius 3 is 2.45 bits per heavy atom. The average molecular weight is 296 g/mol. The lowest BCUT2D eigenvalue weighted by atomic mass is 10.0. The first-order valence-electron chi connectivity index (χ1n) is 7.99. The molecule has 1 aliphatic rings. The topological polar surface area (TPSA) is 35.5 Å². The summed E-state index contributed by atoms with van der Waals surface area (Å²) < 4.78 is 0. The van der Waals surface area contributed by atoms with Crippen molar-refractivity contribution in [2.75, 3.05) is 23.4 Å². The predicted octanol–water partition coefficient (Wildman–Crippen LogP) is 3.73. The first kappa shape index (κ1) is 14.9. The van der Waals surface area contributed by atoms with Crippen molar-refractivity contribution in [3.63, 3.8) is 0 Å². The van der Waals surface area contributed by atoms with Crippen molar-refractivity contribution < 1.29 is 5.11 Å². The molecule has 3 rings (SSSR count). The minimum atomic E-state index is 0.158. The highest BCUT2D eigenvalue weighted by Crippen LogP contribution is 2.30. The summed E-state index contributed by atoms with van der Waals surface area (Å²) in [6.07, 6.45) is 0. The van der Waals surface area contributed by atoms with E-state index in [1.54, 1.807) is 0 Å². The van der Waals surface area contributed by atoms with Gasteiger partial charge < -0.3 is 15.3 Å². The molecule has 116 valence electrons. The number of rotatable bonds is 5. The van der Waals surface area contributed by atoms with Crippen LogP contribution < -0.4 is 10.2 Å². The Labute approximate surface area is 132 Å². The lowest BCUT2D eigenvalue weighted by molar-refractivity contribution is 0.311.